The minimum atomic E-state index is -0.226. The van der Waals surface area contributed by atoms with Crippen LogP contribution < -0.4 is 31.1 Å². The van der Waals surface area contributed by atoms with Crippen LogP contribution in [0.4, 0.5) is 39.8 Å². The van der Waals surface area contributed by atoms with Gasteiger partial charge in [-0.1, -0.05) is 333 Å². The highest BCUT2D eigenvalue weighted by atomic mass is 15.2. The lowest BCUT2D eigenvalue weighted by Gasteiger charge is -2.58. The molecule has 0 aromatic heterocycles. The van der Waals surface area contributed by atoms with Crippen LogP contribution in [0.15, 0.2) is 380 Å². The van der Waals surface area contributed by atoms with Crippen LogP contribution in [-0.2, 0) is 5.41 Å². The van der Waals surface area contributed by atoms with Crippen LogP contribution in [0.25, 0.3) is 116 Å². The maximum absolute atomic E-state index is 2.99. The van der Waals surface area contributed by atoms with Crippen molar-refractivity contribution in [1.29, 1.82) is 0 Å². The molecule has 4 fully saturated rings. The van der Waals surface area contributed by atoms with Crippen molar-refractivity contribution in [3.63, 3.8) is 0 Å². The molecule has 6 aliphatic carbocycles. The molecular weight excluding hydrogens is 1430 g/mol. The highest BCUT2D eigenvalue weighted by Crippen LogP contribution is 2.60. The molecule has 0 N–H and O–H groups in total. The first-order chi connectivity index (χ1) is 58.2. The smallest absolute Gasteiger partial charge is 0.252 e. The Bertz CT molecular complexity index is 6770. The summed E-state index contributed by atoms with van der Waals surface area (Å²) in [6.45, 7) is 13.8. The Hall–Kier alpha value is -13.0. The van der Waals surface area contributed by atoms with Crippen LogP contribution in [0.2, 0.25) is 0 Å². The molecule has 3 nitrogen and oxygen atoms in total. The quantitative estimate of drug-likeness (QED) is 0.0944. The fourth-order valence-corrected chi connectivity index (χ4v) is 23.0. The molecule has 2 saturated heterocycles. The Morgan fingerprint density at radius 1 is 0.303 bits per heavy atom. The summed E-state index contributed by atoms with van der Waals surface area (Å²) in [7, 11) is 0. The van der Waals surface area contributed by atoms with Gasteiger partial charge in [-0.15, -0.1) is 0 Å². The maximum atomic E-state index is 2.99. The largest absolute Gasteiger partial charge is 0.365 e. The Morgan fingerprint density at radius 2 is 0.689 bits per heavy atom. The molecule has 119 heavy (non-hydrogen) atoms. The molecule has 15 aromatic carbocycles. The number of allylic oxidation sites excluding steroid dienone is 14. The predicted molar refractivity (Wildman–Crippen MR) is 505 cm³/mol. The van der Waals surface area contributed by atoms with Gasteiger partial charge in [0.15, 0.2) is 0 Å². The average molecular weight is 1530 g/mol. The van der Waals surface area contributed by atoms with Crippen molar-refractivity contribution in [2.24, 2.45) is 29.1 Å². The Kier molecular flexibility index (Phi) is 15.8. The van der Waals surface area contributed by atoms with Gasteiger partial charge in [0.05, 0.1) is 11.4 Å². The summed E-state index contributed by atoms with van der Waals surface area (Å²) < 4.78 is 0. The number of nitrogens with zero attached hydrogens (tertiary/aromatic N) is 3. The second-order valence-corrected chi connectivity index (χ2v) is 37.5. The second-order valence-electron chi connectivity index (χ2n) is 37.5. The number of rotatable bonds is 11. The van der Waals surface area contributed by atoms with Crippen LogP contribution in [0.3, 0.4) is 0 Å². The summed E-state index contributed by atoms with van der Waals surface area (Å²) in [5, 5.41) is 7.79. The standard InChI is InChI=1S/C115H92BN3/c1-114(2,3)92-58-84-41-37-80-54-88(55-81-38-42-85(59-92)109(84)107(80)81)78-45-47-101-103(66-78)118(112-97(74-29-17-9-18-30-74)62-90(72-25-13-7-14-26-72)63-98(112)75-31-19-10-20-32-75)105-68-96(117-94-50-70-49-71(52-94)53-95(117)51-70)69-106-111(105)116(101)102-48-46-79(89-56-82-39-43-86-60-93(115(4,5)6)61-87-44-40-83(57-89)108(82)110(86)87)67-104(102)119(106)113-99(76-33-21-11-22-34-76)64-91(73-27-15-8-16-28-73)65-100(113)77-35-23-12-24-36-77/h7-48,54-71,94-95,107,109H,49-53H2,1-6H3. The van der Waals surface area contributed by atoms with Gasteiger partial charge < -0.3 is 14.7 Å². The number of anilines is 7. The number of piperidine rings is 2. The fourth-order valence-electron chi connectivity index (χ4n) is 23.0. The van der Waals surface area contributed by atoms with Gasteiger partial charge in [0, 0.05) is 74.6 Å². The Morgan fingerprint density at radius 3 is 1.12 bits per heavy atom. The molecule has 4 aliphatic heterocycles. The Labute approximate surface area is 699 Å². The van der Waals surface area contributed by atoms with Crippen molar-refractivity contribution < 1.29 is 0 Å². The molecule has 2 unspecified atom stereocenters. The highest BCUT2D eigenvalue weighted by molar-refractivity contribution is 7.00. The summed E-state index contributed by atoms with van der Waals surface area (Å²) in [6.07, 6.45) is 26.1. The van der Waals surface area contributed by atoms with Gasteiger partial charge in [-0.05, 0) is 264 Å². The van der Waals surface area contributed by atoms with Gasteiger partial charge in [-0.3, -0.25) is 0 Å². The van der Waals surface area contributed by atoms with E-state index >= 15 is 0 Å². The molecule has 4 heterocycles. The predicted octanol–water partition coefficient (Wildman–Crippen LogP) is 28.3. The third kappa shape index (κ3) is 11.4. The highest BCUT2D eigenvalue weighted by Gasteiger charge is 2.51. The van der Waals surface area contributed by atoms with Crippen molar-refractivity contribution in [3.05, 3.63) is 391 Å². The van der Waals surface area contributed by atoms with Crippen LogP contribution in [0, 0.1) is 29.1 Å². The lowest BCUT2D eigenvalue weighted by molar-refractivity contribution is 0.0900. The first kappa shape index (κ1) is 70.2. The molecule has 25 rings (SSSR count). The van der Waals surface area contributed by atoms with E-state index in [1.165, 1.54) is 221 Å². The molecule has 4 heteroatoms. The van der Waals surface area contributed by atoms with Crippen molar-refractivity contribution in [2.45, 2.75) is 91.1 Å². The van der Waals surface area contributed by atoms with Crippen molar-refractivity contribution in [1.82, 2.24) is 0 Å². The van der Waals surface area contributed by atoms with E-state index in [4.69, 9.17) is 0 Å². The van der Waals surface area contributed by atoms with E-state index in [2.05, 4.69) is 408 Å². The van der Waals surface area contributed by atoms with Crippen LogP contribution in [-0.4, -0.2) is 18.8 Å². The summed E-state index contributed by atoms with van der Waals surface area (Å²) in [4.78, 5) is 8.62. The molecule has 0 spiro atoms. The van der Waals surface area contributed by atoms with E-state index < -0.39 is 0 Å². The summed E-state index contributed by atoms with van der Waals surface area (Å²) in [6, 6.07) is 119. The summed E-state index contributed by atoms with van der Waals surface area (Å²) >= 11 is 0. The molecule has 570 valence electrons. The van der Waals surface area contributed by atoms with Gasteiger partial charge in [-0.2, -0.15) is 0 Å². The van der Waals surface area contributed by atoms with E-state index in [-0.39, 0.29) is 29.4 Å². The van der Waals surface area contributed by atoms with Gasteiger partial charge in [-0.25, -0.2) is 0 Å². The molecule has 15 aromatic rings. The zero-order chi connectivity index (χ0) is 79.3. The van der Waals surface area contributed by atoms with E-state index in [1.54, 1.807) is 0 Å². The Balaban J connectivity index is 0.829. The molecule has 2 atom stereocenters. The molecule has 0 amide bonds. The normalized spacial score (nSPS) is 19.7. The van der Waals surface area contributed by atoms with Gasteiger partial charge >= 0.3 is 0 Å². The lowest BCUT2D eigenvalue weighted by Crippen LogP contribution is -2.62. The zero-order valence-corrected chi connectivity index (χ0v) is 68.4. The zero-order valence-electron chi connectivity index (χ0n) is 68.4. The van der Waals surface area contributed by atoms with Crippen molar-refractivity contribution in [3.8, 4) is 77.9 Å². The number of benzene rings is 15. The van der Waals surface area contributed by atoms with E-state index in [1.807, 2.05) is 0 Å². The van der Waals surface area contributed by atoms with E-state index in [9.17, 15) is 0 Å². The number of fused-ring (bicyclic) bond motifs is 4. The van der Waals surface area contributed by atoms with Crippen LogP contribution in [0.5, 0.6) is 0 Å². The maximum Gasteiger partial charge on any atom is 0.252 e. The minimum Gasteiger partial charge on any atom is -0.365 e. The lowest BCUT2D eigenvalue weighted by atomic mass is 9.33. The molecule has 4 bridgehead atoms. The first-order valence-electron chi connectivity index (χ1n) is 43.4. The van der Waals surface area contributed by atoms with Crippen molar-refractivity contribution in [2.75, 3.05) is 14.7 Å². The summed E-state index contributed by atoms with van der Waals surface area (Å²) in [5.74, 6) is 2.02. The minimum absolute atomic E-state index is 0.0164. The molecule has 10 aliphatic rings. The summed E-state index contributed by atoms with van der Waals surface area (Å²) in [5.41, 5.74) is 39.6. The molecule has 2 saturated carbocycles. The third-order valence-electron chi connectivity index (χ3n) is 28.4. The second kappa shape index (κ2) is 26.8. The monoisotopic (exact) mass is 1530 g/mol. The van der Waals surface area contributed by atoms with Crippen LogP contribution >= 0.6 is 0 Å². The molecular formula is C115H92BN3. The van der Waals surface area contributed by atoms with Gasteiger partial charge in [0.2, 0.25) is 0 Å². The van der Waals surface area contributed by atoms with E-state index in [0.29, 0.717) is 12.1 Å². The average Bonchev–Trinajstić information content (AvgIpc) is 0.682. The first-order valence-corrected chi connectivity index (χ1v) is 43.4. The molecule has 0 radical (unpaired) electrons. The fraction of sp³-hybridized carbons (Fsp3) is 0.165. The topological polar surface area (TPSA) is 9.72 Å². The van der Waals surface area contributed by atoms with Crippen molar-refractivity contribution >= 4 is 101 Å². The SMILES string of the molecule is CC(C)(C)C1=CC2=CC=C3C=C(c4ccc5c(c4)N(c4c(-c6ccccc6)cc(-c6ccccc6)cc4-c4ccccc4)c4cc(N6C7CC8CC(C7)CC6C8)cc6c4B5c4ccc(-c5cc7ccc8cc(C(C)(C)C)cc9ccc(c5)c7c89)cc4N6c4c(-c5ccccc5)cc(-c5ccccc5)cc4-c4ccccc4)C=C4C=CC(=C1)C2C34. The van der Waals surface area contributed by atoms with Gasteiger partial charge in [0.25, 0.3) is 6.71 Å². The third-order valence-corrected chi connectivity index (χ3v) is 28.4. The van der Waals surface area contributed by atoms with E-state index in [0.717, 1.165) is 34.3 Å². The van der Waals surface area contributed by atoms with Gasteiger partial charge in [0.1, 0.15) is 0 Å². The number of hydrogen-bond acceptors (Lipinski definition) is 3. The number of hydrogen-bond donors (Lipinski definition) is 0. The van der Waals surface area contributed by atoms with Crippen LogP contribution in [0.1, 0.15) is 84.8 Å².